The SMILES string of the molecule is CC(C)CCOCCN1C(=O)CNC1=O. The summed E-state index contributed by atoms with van der Waals surface area (Å²) >= 11 is 0. The van der Waals surface area contributed by atoms with E-state index in [1.807, 2.05) is 0 Å². The maximum absolute atomic E-state index is 11.1. The molecule has 5 heteroatoms. The molecule has 1 rings (SSSR count). The van der Waals surface area contributed by atoms with Gasteiger partial charge in [-0.25, -0.2) is 4.79 Å². The smallest absolute Gasteiger partial charge is 0.324 e. The molecule has 1 aliphatic rings. The highest BCUT2D eigenvalue weighted by Gasteiger charge is 2.27. The topological polar surface area (TPSA) is 58.6 Å². The average molecular weight is 214 g/mol. The molecular formula is C10H18N2O3. The van der Waals surface area contributed by atoms with Crippen molar-refractivity contribution in [2.24, 2.45) is 5.92 Å². The van der Waals surface area contributed by atoms with Gasteiger partial charge in [0.15, 0.2) is 0 Å². The molecule has 0 saturated carbocycles. The normalized spacial score (nSPS) is 16.3. The molecule has 0 spiro atoms. The van der Waals surface area contributed by atoms with Gasteiger partial charge in [0.2, 0.25) is 5.91 Å². The maximum atomic E-state index is 11.1. The Kier molecular flexibility index (Phi) is 4.55. The molecule has 1 heterocycles. The number of rotatable bonds is 6. The summed E-state index contributed by atoms with van der Waals surface area (Å²) in [6.07, 6.45) is 1.00. The van der Waals surface area contributed by atoms with Crippen molar-refractivity contribution in [2.75, 3.05) is 26.3 Å². The Morgan fingerprint density at radius 1 is 1.40 bits per heavy atom. The molecule has 0 aromatic rings. The predicted octanol–water partition coefficient (Wildman–Crippen LogP) is 0.601. The third-order valence-corrected chi connectivity index (χ3v) is 2.24. The Morgan fingerprint density at radius 2 is 2.13 bits per heavy atom. The van der Waals surface area contributed by atoms with E-state index in [0.717, 1.165) is 6.42 Å². The fourth-order valence-corrected chi connectivity index (χ4v) is 1.26. The van der Waals surface area contributed by atoms with Crippen molar-refractivity contribution in [3.63, 3.8) is 0 Å². The molecule has 1 aliphatic heterocycles. The van der Waals surface area contributed by atoms with Gasteiger partial charge in [-0.15, -0.1) is 0 Å². The molecule has 0 atom stereocenters. The molecule has 0 aliphatic carbocycles. The summed E-state index contributed by atoms with van der Waals surface area (Å²) in [7, 11) is 0. The van der Waals surface area contributed by atoms with E-state index in [2.05, 4.69) is 19.2 Å². The number of carbonyl (C=O) groups is 2. The van der Waals surface area contributed by atoms with Gasteiger partial charge in [0, 0.05) is 6.61 Å². The molecule has 5 nitrogen and oxygen atoms in total. The van der Waals surface area contributed by atoms with E-state index in [0.29, 0.717) is 25.7 Å². The minimum atomic E-state index is -0.313. The summed E-state index contributed by atoms with van der Waals surface area (Å²) in [5.41, 5.74) is 0. The third kappa shape index (κ3) is 3.87. The molecule has 1 fully saturated rings. The molecule has 0 unspecified atom stereocenters. The number of nitrogens with one attached hydrogen (secondary N) is 1. The van der Waals surface area contributed by atoms with Crippen LogP contribution >= 0.6 is 0 Å². The number of urea groups is 1. The molecule has 1 saturated heterocycles. The van der Waals surface area contributed by atoms with E-state index < -0.39 is 0 Å². The van der Waals surface area contributed by atoms with Crippen molar-refractivity contribution in [1.82, 2.24) is 10.2 Å². The van der Waals surface area contributed by atoms with Gasteiger partial charge in [0.05, 0.1) is 19.7 Å². The minimum absolute atomic E-state index is 0.116. The Hall–Kier alpha value is -1.10. The molecule has 0 bridgehead atoms. The molecule has 3 amide bonds. The number of hydrogen-bond donors (Lipinski definition) is 1. The average Bonchev–Trinajstić information content (AvgIpc) is 2.47. The van der Waals surface area contributed by atoms with Crippen LogP contribution in [-0.4, -0.2) is 43.1 Å². The Labute approximate surface area is 89.8 Å². The van der Waals surface area contributed by atoms with Gasteiger partial charge in [-0.05, 0) is 12.3 Å². The van der Waals surface area contributed by atoms with Crippen LogP contribution in [0.1, 0.15) is 20.3 Å². The molecular weight excluding hydrogens is 196 g/mol. The quantitative estimate of drug-likeness (QED) is 0.520. The highest BCUT2D eigenvalue weighted by atomic mass is 16.5. The van der Waals surface area contributed by atoms with Crippen LogP contribution in [0.2, 0.25) is 0 Å². The highest BCUT2D eigenvalue weighted by molar-refractivity contribution is 6.01. The fraction of sp³-hybridized carbons (Fsp3) is 0.800. The van der Waals surface area contributed by atoms with Crippen LogP contribution < -0.4 is 5.32 Å². The van der Waals surface area contributed by atoms with E-state index in [-0.39, 0.29) is 18.5 Å². The first-order valence-electron chi connectivity index (χ1n) is 5.27. The molecule has 1 N–H and O–H groups in total. The lowest BCUT2D eigenvalue weighted by atomic mass is 10.1. The van der Waals surface area contributed by atoms with Crippen LogP contribution in [0.25, 0.3) is 0 Å². The van der Waals surface area contributed by atoms with E-state index in [1.54, 1.807) is 0 Å². The largest absolute Gasteiger partial charge is 0.380 e. The van der Waals surface area contributed by atoms with E-state index in [1.165, 1.54) is 4.90 Å². The van der Waals surface area contributed by atoms with Crippen molar-refractivity contribution in [1.29, 1.82) is 0 Å². The van der Waals surface area contributed by atoms with Crippen LogP contribution in [0.4, 0.5) is 4.79 Å². The number of imide groups is 1. The molecule has 0 aromatic carbocycles. The highest BCUT2D eigenvalue weighted by Crippen LogP contribution is 2.01. The summed E-state index contributed by atoms with van der Waals surface area (Å²) < 4.78 is 5.33. The minimum Gasteiger partial charge on any atom is -0.380 e. The van der Waals surface area contributed by atoms with Crippen LogP contribution in [0.3, 0.4) is 0 Å². The zero-order valence-electron chi connectivity index (χ0n) is 9.28. The molecule has 15 heavy (non-hydrogen) atoms. The van der Waals surface area contributed by atoms with Crippen molar-refractivity contribution < 1.29 is 14.3 Å². The van der Waals surface area contributed by atoms with E-state index in [9.17, 15) is 9.59 Å². The number of carbonyl (C=O) groups excluding carboxylic acids is 2. The summed E-state index contributed by atoms with van der Waals surface area (Å²) in [4.78, 5) is 23.4. The van der Waals surface area contributed by atoms with Crippen LogP contribution in [0.15, 0.2) is 0 Å². The van der Waals surface area contributed by atoms with Gasteiger partial charge in [-0.3, -0.25) is 9.69 Å². The van der Waals surface area contributed by atoms with Crippen molar-refractivity contribution in [3.05, 3.63) is 0 Å². The number of amides is 3. The van der Waals surface area contributed by atoms with E-state index in [4.69, 9.17) is 4.74 Å². The second kappa shape index (κ2) is 5.70. The lowest BCUT2D eigenvalue weighted by Crippen LogP contribution is -2.34. The Bertz CT molecular complexity index is 225. The Balaban J connectivity index is 2.09. The first-order valence-corrected chi connectivity index (χ1v) is 5.27. The van der Waals surface area contributed by atoms with Gasteiger partial charge in [-0.2, -0.15) is 0 Å². The van der Waals surface area contributed by atoms with Gasteiger partial charge in [0.25, 0.3) is 0 Å². The van der Waals surface area contributed by atoms with Gasteiger partial charge < -0.3 is 10.1 Å². The van der Waals surface area contributed by atoms with Gasteiger partial charge >= 0.3 is 6.03 Å². The number of nitrogens with zero attached hydrogens (tertiary/aromatic N) is 1. The molecule has 86 valence electrons. The second-order valence-corrected chi connectivity index (χ2v) is 4.00. The number of ether oxygens (including phenoxy) is 1. The zero-order chi connectivity index (χ0) is 11.3. The summed E-state index contributed by atoms with van der Waals surface area (Å²) in [5, 5.41) is 2.46. The van der Waals surface area contributed by atoms with Crippen LogP contribution in [0, 0.1) is 5.92 Å². The standard InChI is InChI=1S/C10H18N2O3/c1-8(2)3-5-15-6-4-12-9(13)7-11-10(12)14/h8H,3-7H2,1-2H3,(H,11,14). The van der Waals surface area contributed by atoms with Crippen LogP contribution in [0.5, 0.6) is 0 Å². The predicted molar refractivity (Wildman–Crippen MR) is 55.4 cm³/mol. The maximum Gasteiger partial charge on any atom is 0.324 e. The zero-order valence-corrected chi connectivity index (χ0v) is 9.28. The van der Waals surface area contributed by atoms with Crippen molar-refractivity contribution in [2.45, 2.75) is 20.3 Å². The third-order valence-electron chi connectivity index (χ3n) is 2.24. The monoisotopic (exact) mass is 214 g/mol. The molecule has 0 aromatic heterocycles. The fourth-order valence-electron chi connectivity index (χ4n) is 1.26. The first kappa shape index (κ1) is 12.0. The van der Waals surface area contributed by atoms with Crippen LogP contribution in [-0.2, 0) is 9.53 Å². The molecule has 0 radical (unpaired) electrons. The first-order chi connectivity index (χ1) is 7.11. The summed E-state index contributed by atoms with van der Waals surface area (Å²) in [6, 6.07) is -0.313. The van der Waals surface area contributed by atoms with Gasteiger partial charge in [-0.1, -0.05) is 13.8 Å². The van der Waals surface area contributed by atoms with Gasteiger partial charge in [0.1, 0.15) is 0 Å². The van der Waals surface area contributed by atoms with E-state index >= 15 is 0 Å². The van der Waals surface area contributed by atoms with Crippen molar-refractivity contribution >= 4 is 11.9 Å². The number of hydrogen-bond acceptors (Lipinski definition) is 3. The lowest BCUT2D eigenvalue weighted by molar-refractivity contribution is -0.125. The lowest BCUT2D eigenvalue weighted by Gasteiger charge is -2.12. The summed E-state index contributed by atoms with van der Waals surface area (Å²) in [6.45, 7) is 5.82. The summed E-state index contributed by atoms with van der Waals surface area (Å²) in [5.74, 6) is 0.439. The second-order valence-electron chi connectivity index (χ2n) is 4.00. The Morgan fingerprint density at radius 3 is 2.67 bits per heavy atom. The van der Waals surface area contributed by atoms with Crippen molar-refractivity contribution in [3.8, 4) is 0 Å².